The van der Waals surface area contributed by atoms with Crippen LogP contribution in [0, 0.1) is 6.92 Å². The molecule has 2 aromatic rings. The molecule has 0 aromatic heterocycles. The Morgan fingerprint density at radius 3 is 2.81 bits per heavy atom. The van der Waals surface area contributed by atoms with Crippen LogP contribution in [0.25, 0.3) is 6.08 Å². The summed E-state index contributed by atoms with van der Waals surface area (Å²) in [6.45, 7) is 1.77. The van der Waals surface area contributed by atoms with Gasteiger partial charge in [-0.1, -0.05) is 12.1 Å². The molecule has 0 aliphatic carbocycles. The summed E-state index contributed by atoms with van der Waals surface area (Å²) in [6, 6.07) is 10.4. The van der Waals surface area contributed by atoms with Gasteiger partial charge < -0.3 is 14.6 Å². The number of benzene rings is 2. The number of ether oxygens (including phenoxy) is 2. The van der Waals surface area contributed by atoms with Crippen LogP contribution >= 0.6 is 0 Å². The number of hydrogen-bond acceptors (Lipinski definition) is 4. The van der Waals surface area contributed by atoms with Crippen LogP contribution in [0.2, 0.25) is 0 Å². The van der Waals surface area contributed by atoms with Gasteiger partial charge in [0.2, 0.25) is 5.78 Å². The Morgan fingerprint density at radius 1 is 1.24 bits per heavy atom. The Labute approximate surface area is 122 Å². The SMILES string of the molecule is COc1cccc(/C=C2\Oc3cc(O)cc(C)c3C2=O)c1. The number of fused-ring (bicyclic) bond motifs is 1. The first-order valence-corrected chi connectivity index (χ1v) is 6.50. The topological polar surface area (TPSA) is 55.8 Å². The van der Waals surface area contributed by atoms with Gasteiger partial charge in [0, 0.05) is 6.07 Å². The van der Waals surface area contributed by atoms with E-state index in [1.165, 1.54) is 6.07 Å². The summed E-state index contributed by atoms with van der Waals surface area (Å²) >= 11 is 0. The molecular weight excluding hydrogens is 268 g/mol. The van der Waals surface area contributed by atoms with E-state index in [4.69, 9.17) is 9.47 Å². The minimum atomic E-state index is -0.176. The molecule has 106 valence electrons. The van der Waals surface area contributed by atoms with Crippen molar-refractivity contribution in [3.05, 3.63) is 58.8 Å². The van der Waals surface area contributed by atoms with Gasteiger partial charge >= 0.3 is 0 Å². The molecule has 0 saturated carbocycles. The Bertz CT molecular complexity index is 759. The molecule has 0 atom stereocenters. The van der Waals surface area contributed by atoms with Crippen LogP contribution in [0.15, 0.2) is 42.2 Å². The summed E-state index contributed by atoms with van der Waals surface area (Å²) < 4.78 is 10.7. The molecule has 0 saturated heterocycles. The van der Waals surface area contributed by atoms with Gasteiger partial charge in [-0.25, -0.2) is 0 Å². The zero-order valence-electron chi connectivity index (χ0n) is 11.7. The molecule has 0 bridgehead atoms. The van der Waals surface area contributed by atoms with Crippen molar-refractivity contribution in [1.82, 2.24) is 0 Å². The number of ketones is 1. The summed E-state index contributed by atoms with van der Waals surface area (Å²) in [5, 5.41) is 9.58. The zero-order chi connectivity index (χ0) is 15.0. The van der Waals surface area contributed by atoms with E-state index in [-0.39, 0.29) is 17.3 Å². The van der Waals surface area contributed by atoms with Gasteiger partial charge in [0.15, 0.2) is 5.76 Å². The van der Waals surface area contributed by atoms with Gasteiger partial charge in [-0.15, -0.1) is 0 Å². The average Bonchev–Trinajstić information content (AvgIpc) is 2.75. The molecule has 2 aromatic carbocycles. The van der Waals surface area contributed by atoms with E-state index >= 15 is 0 Å². The lowest BCUT2D eigenvalue weighted by Crippen LogP contribution is -1.99. The van der Waals surface area contributed by atoms with Crippen LogP contribution in [0.3, 0.4) is 0 Å². The summed E-state index contributed by atoms with van der Waals surface area (Å²) in [4.78, 5) is 12.4. The van der Waals surface area contributed by atoms with Gasteiger partial charge in [-0.2, -0.15) is 0 Å². The number of rotatable bonds is 2. The molecule has 21 heavy (non-hydrogen) atoms. The summed E-state index contributed by atoms with van der Waals surface area (Å²) in [6.07, 6.45) is 1.67. The molecular formula is C17H14O4. The number of phenols is 1. The van der Waals surface area contributed by atoms with E-state index in [0.717, 1.165) is 5.56 Å². The van der Waals surface area contributed by atoms with Crippen molar-refractivity contribution in [1.29, 1.82) is 0 Å². The van der Waals surface area contributed by atoms with Gasteiger partial charge in [0.05, 0.1) is 12.7 Å². The first-order valence-electron chi connectivity index (χ1n) is 6.50. The number of methoxy groups -OCH3 is 1. The molecule has 0 unspecified atom stereocenters. The summed E-state index contributed by atoms with van der Waals surface area (Å²) in [5.74, 6) is 1.26. The third-order valence-corrected chi connectivity index (χ3v) is 3.35. The van der Waals surface area contributed by atoms with E-state index in [1.807, 2.05) is 24.3 Å². The van der Waals surface area contributed by atoms with Gasteiger partial charge in [0.1, 0.15) is 17.2 Å². The van der Waals surface area contributed by atoms with Crippen LogP contribution in [-0.2, 0) is 0 Å². The molecule has 1 aliphatic heterocycles. The average molecular weight is 282 g/mol. The van der Waals surface area contributed by atoms with Crippen LogP contribution in [-0.4, -0.2) is 18.0 Å². The lowest BCUT2D eigenvalue weighted by molar-refractivity contribution is 0.101. The Kier molecular flexibility index (Phi) is 3.14. The molecule has 1 aliphatic rings. The number of phenolic OH excluding ortho intramolecular Hbond substituents is 1. The van der Waals surface area contributed by atoms with Gasteiger partial charge in [-0.3, -0.25) is 4.79 Å². The molecule has 0 fully saturated rings. The van der Waals surface area contributed by atoms with Crippen molar-refractivity contribution in [3.8, 4) is 17.2 Å². The molecule has 4 heteroatoms. The largest absolute Gasteiger partial charge is 0.508 e. The number of carbonyl (C=O) groups is 1. The molecule has 0 radical (unpaired) electrons. The highest BCUT2D eigenvalue weighted by atomic mass is 16.5. The maximum Gasteiger partial charge on any atom is 0.232 e. The molecule has 3 rings (SSSR count). The highest BCUT2D eigenvalue weighted by Crippen LogP contribution is 2.37. The van der Waals surface area contributed by atoms with E-state index in [2.05, 4.69) is 0 Å². The van der Waals surface area contributed by atoms with Crippen molar-refractivity contribution < 1.29 is 19.4 Å². The van der Waals surface area contributed by atoms with Gasteiger partial charge in [0.25, 0.3) is 0 Å². The molecule has 4 nitrogen and oxygen atoms in total. The predicted octanol–water partition coefficient (Wildman–Crippen LogP) is 3.33. The molecule has 0 amide bonds. The van der Waals surface area contributed by atoms with Crippen molar-refractivity contribution >= 4 is 11.9 Å². The minimum absolute atomic E-state index is 0.0849. The Hall–Kier alpha value is -2.75. The first-order chi connectivity index (χ1) is 10.1. The number of aromatic hydroxyl groups is 1. The van der Waals surface area contributed by atoms with Crippen LogP contribution in [0.4, 0.5) is 0 Å². The smallest absolute Gasteiger partial charge is 0.232 e. The number of aryl methyl sites for hydroxylation is 1. The number of carbonyl (C=O) groups excluding carboxylic acids is 1. The van der Waals surface area contributed by atoms with Gasteiger partial charge in [-0.05, 0) is 42.3 Å². The standard InChI is InChI=1S/C17H14O4/c1-10-6-12(18)9-14-16(10)17(19)15(21-14)8-11-4-3-5-13(7-11)20-2/h3-9,18H,1-2H3/b15-8-. The number of allylic oxidation sites excluding steroid dienone is 1. The minimum Gasteiger partial charge on any atom is -0.508 e. The second-order valence-electron chi connectivity index (χ2n) is 4.85. The number of hydrogen-bond donors (Lipinski definition) is 1. The Morgan fingerprint density at radius 2 is 2.05 bits per heavy atom. The van der Waals surface area contributed by atoms with Crippen molar-refractivity contribution in [2.45, 2.75) is 6.92 Å². The third kappa shape index (κ3) is 2.36. The second-order valence-corrected chi connectivity index (χ2v) is 4.85. The summed E-state index contributed by atoms with van der Waals surface area (Å²) in [7, 11) is 1.59. The first kappa shape index (κ1) is 13.2. The van der Waals surface area contributed by atoms with Crippen molar-refractivity contribution in [2.24, 2.45) is 0 Å². The fraction of sp³-hybridized carbons (Fsp3) is 0.118. The van der Waals surface area contributed by atoms with E-state index < -0.39 is 0 Å². The van der Waals surface area contributed by atoms with E-state index in [9.17, 15) is 9.90 Å². The molecule has 0 spiro atoms. The Balaban J connectivity index is 2.01. The normalized spacial score (nSPS) is 15.0. The number of Topliss-reactive ketones (excluding diaryl/α,β-unsaturated/α-hetero) is 1. The second kappa shape index (κ2) is 4.98. The zero-order valence-corrected chi connectivity index (χ0v) is 11.7. The van der Waals surface area contributed by atoms with Crippen molar-refractivity contribution in [2.75, 3.05) is 7.11 Å². The fourth-order valence-electron chi connectivity index (χ4n) is 2.37. The summed E-state index contributed by atoms with van der Waals surface area (Å²) in [5.41, 5.74) is 2.01. The van der Waals surface area contributed by atoms with Crippen LogP contribution in [0.5, 0.6) is 17.2 Å². The maximum absolute atomic E-state index is 12.4. The fourth-order valence-corrected chi connectivity index (χ4v) is 2.37. The monoisotopic (exact) mass is 282 g/mol. The van der Waals surface area contributed by atoms with E-state index in [0.29, 0.717) is 22.6 Å². The maximum atomic E-state index is 12.4. The predicted molar refractivity (Wildman–Crippen MR) is 78.8 cm³/mol. The van der Waals surface area contributed by atoms with Crippen LogP contribution < -0.4 is 9.47 Å². The van der Waals surface area contributed by atoms with Crippen LogP contribution in [0.1, 0.15) is 21.5 Å². The molecule has 1 N–H and O–H groups in total. The third-order valence-electron chi connectivity index (χ3n) is 3.35. The lowest BCUT2D eigenvalue weighted by atomic mass is 10.0. The highest BCUT2D eigenvalue weighted by molar-refractivity contribution is 6.15. The van der Waals surface area contributed by atoms with E-state index in [1.54, 1.807) is 26.2 Å². The molecule has 1 heterocycles. The lowest BCUT2D eigenvalue weighted by Gasteiger charge is -2.02. The quantitative estimate of drug-likeness (QED) is 0.858. The van der Waals surface area contributed by atoms with Crippen molar-refractivity contribution in [3.63, 3.8) is 0 Å². The highest BCUT2D eigenvalue weighted by Gasteiger charge is 2.29.